The summed E-state index contributed by atoms with van der Waals surface area (Å²) in [6, 6.07) is 7.51. The Balaban J connectivity index is 1.92. The van der Waals surface area contributed by atoms with Crippen LogP contribution in [0.15, 0.2) is 24.3 Å². The van der Waals surface area contributed by atoms with Gasteiger partial charge < -0.3 is 19.8 Å². The Hall–Kier alpha value is -1.59. The zero-order chi connectivity index (χ0) is 15.2. The van der Waals surface area contributed by atoms with Gasteiger partial charge in [-0.15, -0.1) is 0 Å². The molecule has 5 nitrogen and oxygen atoms in total. The van der Waals surface area contributed by atoms with E-state index in [0.29, 0.717) is 19.7 Å². The molecular weight excluding hydrogens is 270 g/mol. The van der Waals surface area contributed by atoms with E-state index >= 15 is 0 Å². The summed E-state index contributed by atoms with van der Waals surface area (Å²) in [5.41, 5.74) is 0.880. The number of ether oxygens (including phenoxy) is 1. The number of nitrogens with zero attached hydrogens (tertiary/aromatic N) is 1. The third-order valence-electron chi connectivity index (χ3n) is 4.01. The van der Waals surface area contributed by atoms with Crippen molar-refractivity contribution in [3.8, 4) is 5.75 Å². The monoisotopic (exact) mass is 293 g/mol. The van der Waals surface area contributed by atoms with Crippen molar-refractivity contribution < 1.29 is 19.7 Å². The van der Waals surface area contributed by atoms with Crippen molar-refractivity contribution in [2.24, 2.45) is 5.92 Å². The van der Waals surface area contributed by atoms with Crippen LogP contribution < -0.4 is 4.74 Å². The SMILES string of the molecule is CCOc1ccc(C(O)C2CCN(C(=O)CO)CC2)cc1. The lowest BCUT2D eigenvalue weighted by Crippen LogP contribution is -2.41. The topological polar surface area (TPSA) is 70.0 Å². The summed E-state index contributed by atoms with van der Waals surface area (Å²) in [4.78, 5) is 13.1. The number of hydrogen-bond donors (Lipinski definition) is 2. The van der Waals surface area contributed by atoms with Crippen LogP contribution in [0.4, 0.5) is 0 Å². The van der Waals surface area contributed by atoms with E-state index in [9.17, 15) is 9.90 Å². The highest BCUT2D eigenvalue weighted by Gasteiger charge is 2.27. The van der Waals surface area contributed by atoms with E-state index in [4.69, 9.17) is 9.84 Å². The van der Waals surface area contributed by atoms with Crippen LogP contribution >= 0.6 is 0 Å². The van der Waals surface area contributed by atoms with E-state index in [1.165, 1.54) is 0 Å². The Kier molecular flexibility index (Phi) is 5.59. The third kappa shape index (κ3) is 3.95. The minimum Gasteiger partial charge on any atom is -0.494 e. The van der Waals surface area contributed by atoms with Gasteiger partial charge in [-0.1, -0.05) is 12.1 Å². The van der Waals surface area contributed by atoms with Crippen LogP contribution in [-0.4, -0.2) is 47.3 Å². The average Bonchev–Trinajstić information content (AvgIpc) is 2.54. The van der Waals surface area contributed by atoms with Crippen molar-refractivity contribution in [2.45, 2.75) is 25.9 Å². The highest BCUT2D eigenvalue weighted by molar-refractivity contribution is 5.77. The largest absolute Gasteiger partial charge is 0.494 e. The van der Waals surface area contributed by atoms with Gasteiger partial charge in [-0.3, -0.25) is 4.79 Å². The summed E-state index contributed by atoms with van der Waals surface area (Å²) >= 11 is 0. The number of aliphatic hydroxyl groups is 2. The predicted molar refractivity (Wildman–Crippen MR) is 79.0 cm³/mol. The van der Waals surface area contributed by atoms with Gasteiger partial charge in [-0.25, -0.2) is 0 Å². The molecule has 1 aromatic rings. The maximum Gasteiger partial charge on any atom is 0.248 e. The van der Waals surface area contributed by atoms with Gasteiger partial charge in [-0.05, 0) is 43.4 Å². The van der Waals surface area contributed by atoms with Gasteiger partial charge >= 0.3 is 0 Å². The van der Waals surface area contributed by atoms with Crippen LogP contribution in [-0.2, 0) is 4.79 Å². The lowest BCUT2D eigenvalue weighted by molar-refractivity contribution is -0.136. The van der Waals surface area contributed by atoms with Crippen LogP contribution in [0, 0.1) is 5.92 Å². The van der Waals surface area contributed by atoms with Crippen molar-refractivity contribution in [3.05, 3.63) is 29.8 Å². The molecule has 1 unspecified atom stereocenters. The molecule has 0 aliphatic carbocycles. The Morgan fingerprint density at radius 2 is 1.95 bits per heavy atom. The molecule has 0 spiro atoms. The molecule has 1 saturated heterocycles. The van der Waals surface area contributed by atoms with Crippen LogP contribution in [0.1, 0.15) is 31.4 Å². The fraction of sp³-hybridized carbons (Fsp3) is 0.562. The van der Waals surface area contributed by atoms with Gasteiger partial charge in [0.05, 0.1) is 12.7 Å². The van der Waals surface area contributed by atoms with Crippen molar-refractivity contribution in [1.29, 1.82) is 0 Å². The van der Waals surface area contributed by atoms with Crippen LogP contribution in [0.25, 0.3) is 0 Å². The molecule has 5 heteroatoms. The molecule has 1 heterocycles. The van der Waals surface area contributed by atoms with E-state index in [0.717, 1.165) is 24.2 Å². The predicted octanol–water partition coefficient (Wildman–Crippen LogP) is 1.35. The standard InChI is InChI=1S/C16H23NO4/c1-2-21-14-5-3-12(4-6-14)16(20)13-7-9-17(10-8-13)15(19)11-18/h3-6,13,16,18,20H,2,7-11H2,1H3. The molecule has 1 aliphatic heterocycles. The Morgan fingerprint density at radius 3 is 2.48 bits per heavy atom. The van der Waals surface area contributed by atoms with Crippen molar-refractivity contribution in [3.63, 3.8) is 0 Å². The first-order valence-electron chi connectivity index (χ1n) is 7.45. The van der Waals surface area contributed by atoms with Crippen molar-refractivity contribution >= 4 is 5.91 Å². The maximum atomic E-state index is 11.4. The van der Waals surface area contributed by atoms with E-state index in [-0.39, 0.29) is 11.8 Å². The van der Waals surface area contributed by atoms with E-state index < -0.39 is 12.7 Å². The van der Waals surface area contributed by atoms with Crippen molar-refractivity contribution in [1.82, 2.24) is 4.90 Å². The summed E-state index contributed by atoms with van der Waals surface area (Å²) in [7, 11) is 0. The lowest BCUT2D eigenvalue weighted by Gasteiger charge is -2.34. The fourth-order valence-corrected chi connectivity index (χ4v) is 2.76. The number of hydrogen-bond acceptors (Lipinski definition) is 4. The number of carbonyl (C=O) groups is 1. The molecule has 1 aliphatic rings. The van der Waals surface area contributed by atoms with E-state index in [2.05, 4.69) is 0 Å². The van der Waals surface area contributed by atoms with Gasteiger partial charge in [0.2, 0.25) is 5.91 Å². The minimum atomic E-state index is -0.521. The zero-order valence-corrected chi connectivity index (χ0v) is 12.4. The molecule has 0 radical (unpaired) electrons. The lowest BCUT2D eigenvalue weighted by atomic mass is 9.87. The first-order chi connectivity index (χ1) is 10.2. The molecule has 1 fully saturated rings. The van der Waals surface area contributed by atoms with Crippen LogP contribution in [0.2, 0.25) is 0 Å². The molecule has 1 amide bonds. The Morgan fingerprint density at radius 1 is 1.33 bits per heavy atom. The number of likely N-dealkylation sites (tertiary alicyclic amines) is 1. The molecule has 0 saturated carbocycles. The van der Waals surface area contributed by atoms with Crippen LogP contribution in [0.5, 0.6) is 5.75 Å². The third-order valence-corrected chi connectivity index (χ3v) is 4.01. The normalized spacial score (nSPS) is 17.6. The first kappa shape index (κ1) is 15.8. The number of piperidine rings is 1. The summed E-state index contributed by atoms with van der Waals surface area (Å²) in [6.45, 7) is 3.31. The summed E-state index contributed by atoms with van der Waals surface area (Å²) in [6.07, 6.45) is 0.979. The molecule has 2 rings (SSSR count). The molecule has 1 aromatic carbocycles. The van der Waals surface area contributed by atoms with E-state index in [1.807, 2.05) is 31.2 Å². The Bertz CT molecular complexity index is 452. The van der Waals surface area contributed by atoms with Gasteiger partial charge in [0.25, 0.3) is 0 Å². The summed E-state index contributed by atoms with van der Waals surface area (Å²) in [5.74, 6) is 0.714. The smallest absolute Gasteiger partial charge is 0.248 e. The van der Waals surface area contributed by atoms with Gasteiger partial charge in [0.15, 0.2) is 0 Å². The zero-order valence-electron chi connectivity index (χ0n) is 12.4. The average molecular weight is 293 g/mol. The van der Waals surface area contributed by atoms with Crippen LogP contribution in [0.3, 0.4) is 0 Å². The first-order valence-corrected chi connectivity index (χ1v) is 7.45. The number of amides is 1. The summed E-state index contributed by atoms with van der Waals surface area (Å²) < 4.78 is 5.39. The Labute approximate surface area is 125 Å². The quantitative estimate of drug-likeness (QED) is 0.860. The second kappa shape index (κ2) is 7.43. The molecular formula is C16H23NO4. The number of benzene rings is 1. The summed E-state index contributed by atoms with van der Waals surface area (Å²) in [5, 5.41) is 19.3. The molecule has 21 heavy (non-hydrogen) atoms. The number of rotatable bonds is 5. The van der Waals surface area contributed by atoms with Gasteiger partial charge in [0, 0.05) is 13.1 Å². The van der Waals surface area contributed by atoms with Gasteiger partial charge in [-0.2, -0.15) is 0 Å². The van der Waals surface area contributed by atoms with Crippen molar-refractivity contribution in [2.75, 3.05) is 26.3 Å². The molecule has 116 valence electrons. The fourth-order valence-electron chi connectivity index (χ4n) is 2.76. The molecule has 0 bridgehead atoms. The maximum absolute atomic E-state index is 11.4. The number of carbonyl (C=O) groups excluding carboxylic acids is 1. The molecule has 0 aromatic heterocycles. The van der Waals surface area contributed by atoms with Gasteiger partial charge in [0.1, 0.15) is 12.4 Å². The number of aliphatic hydroxyl groups excluding tert-OH is 2. The minimum absolute atomic E-state index is 0.144. The highest BCUT2D eigenvalue weighted by Crippen LogP contribution is 2.31. The molecule has 1 atom stereocenters. The highest BCUT2D eigenvalue weighted by atomic mass is 16.5. The second-order valence-electron chi connectivity index (χ2n) is 5.32. The molecule has 2 N–H and O–H groups in total. The van der Waals surface area contributed by atoms with E-state index in [1.54, 1.807) is 4.90 Å². The second-order valence-corrected chi connectivity index (χ2v) is 5.32.